The van der Waals surface area contributed by atoms with E-state index in [4.69, 9.17) is 25.8 Å². The van der Waals surface area contributed by atoms with Crippen molar-refractivity contribution in [1.82, 2.24) is 10.2 Å². The molecule has 2 aromatic carbocycles. The van der Waals surface area contributed by atoms with Crippen molar-refractivity contribution in [2.75, 3.05) is 13.9 Å². The maximum Gasteiger partial charge on any atom is 0.329 e. The Hall–Kier alpha value is -3.19. The van der Waals surface area contributed by atoms with Crippen LogP contribution in [0.4, 0.5) is 4.79 Å². The first-order valence-electron chi connectivity index (χ1n) is 8.12. The van der Waals surface area contributed by atoms with E-state index in [1.807, 2.05) is 0 Å². The molecule has 27 heavy (non-hydrogen) atoms. The maximum atomic E-state index is 12.7. The molecule has 0 atom stereocenters. The number of hydrogen-bond donors (Lipinski definition) is 1. The Morgan fingerprint density at radius 2 is 1.96 bits per heavy atom. The monoisotopic (exact) mass is 386 g/mol. The van der Waals surface area contributed by atoms with Crippen molar-refractivity contribution in [2.45, 2.75) is 6.54 Å². The number of amides is 3. The third-order valence-electron chi connectivity index (χ3n) is 4.27. The molecule has 0 bridgehead atoms. The fourth-order valence-corrected chi connectivity index (χ4v) is 3.09. The topological polar surface area (TPSA) is 77.1 Å². The van der Waals surface area contributed by atoms with Gasteiger partial charge in [0.2, 0.25) is 6.79 Å². The molecule has 3 amide bonds. The minimum absolute atomic E-state index is 0.0833. The van der Waals surface area contributed by atoms with Gasteiger partial charge in [-0.05, 0) is 23.8 Å². The van der Waals surface area contributed by atoms with Crippen LogP contribution < -0.4 is 19.5 Å². The van der Waals surface area contributed by atoms with Crippen molar-refractivity contribution < 1.29 is 23.8 Å². The van der Waals surface area contributed by atoms with Crippen LogP contribution in [0.25, 0.3) is 6.08 Å². The van der Waals surface area contributed by atoms with Gasteiger partial charge in [-0.3, -0.25) is 9.69 Å². The van der Waals surface area contributed by atoms with Crippen molar-refractivity contribution in [1.29, 1.82) is 0 Å². The van der Waals surface area contributed by atoms with Gasteiger partial charge in [0, 0.05) is 16.7 Å². The lowest BCUT2D eigenvalue weighted by Crippen LogP contribution is -2.30. The van der Waals surface area contributed by atoms with E-state index >= 15 is 0 Å². The molecule has 2 heterocycles. The van der Waals surface area contributed by atoms with Crippen LogP contribution in [0.3, 0.4) is 0 Å². The van der Waals surface area contributed by atoms with Crippen LogP contribution in [0.1, 0.15) is 11.1 Å². The molecule has 0 spiro atoms. The van der Waals surface area contributed by atoms with E-state index in [9.17, 15) is 9.59 Å². The Kier molecular flexibility index (Phi) is 4.37. The van der Waals surface area contributed by atoms with E-state index in [1.54, 1.807) is 42.5 Å². The lowest BCUT2D eigenvalue weighted by atomic mass is 10.1. The molecule has 2 aromatic rings. The molecule has 4 rings (SSSR count). The van der Waals surface area contributed by atoms with E-state index in [1.165, 1.54) is 7.11 Å². The van der Waals surface area contributed by atoms with Crippen LogP contribution in [-0.2, 0) is 11.3 Å². The second-order valence-electron chi connectivity index (χ2n) is 5.92. The highest BCUT2D eigenvalue weighted by atomic mass is 35.5. The van der Waals surface area contributed by atoms with Gasteiger partial charge in [0.1, 0.15) is 11.4 Å². The van der Waals surface area contributed by atoms with Gasteiger partial charge >= 0.3 is 6.03 Å². The van der Waals surface area contributed by atoms with Crippen molar-refractivity contribution in [3.05, 3.63) is 58.2 Å². The molecule has 138 valence electrons. The number of halogens is 1. The highest BCUT2D eigenvalue weighted by Crippen LogP contribution is 2.39. The van der Waals surface area contributed by atoms with Gasteiger partial charge in [-0.15, -0.1) is 0 Å². The average molecular weight is 387 g/mol. The SMILES string of the molecule is COc1cc2c(cc1/C=C1/NC(=O)N(Cc3ccccc3Cl)C1=O)OCO2. The summed E-state index contributed by atoms with van der Waals surface area (Å²) in [6.07, 6.45) is 1.55. The predicted molar refractivity (Wildman–Crippen MR) is 97.6 cm³/mol. The predicted octanol–water partition coefficient (Wildman–Crippen LogP) is 3.17. The van der Waals surface area contributed by atoms with Crippen LogP contribution in [-0.4, -0.2) is 30.7 Å². The van der Waals surface area contributed by atoms with Crippen molar-refractivity contribution in [3.8, 4) is 17.2 Å². The van der Waals surface area contributed by atoms with E-state index in [2.05, 4.69) is 5.32 Å². The Labute approximate surface area is 160 Å². The van der Waals surface area contributed by atoms with Crippen molar-refractivity contribution >= 4 is 29.6 Å². The Bertz CT molecular complexity index is 973. The number of carbonyl (C=O) groups is 2. The molecule has 2 aliphatic heterocycles. The number of ether oxygens (including phenoxy) is 3. The lowest BCUT2D eigenvalue weighted by molar-refractivity contribution is -0.123. The first-order chi connectivity index (χ1) is 13.1. The van der Waals surface area contributed by atoms with E-state index in [-0.39, 0.29) is 19.0 Å². The molecule has 0 aliphatic carbocycles. The maximum absolute atomic E-state index is 12.7. The van der Waals surface area contributed by atoms with Gasteiger partial charge in [0.25, 0.3) is 5.91 Å². The number of rotatable bonds is 4. The summed E-state index contributed by atoms with van der Waals surface area (Å²) in [5.74, 6) is 1.17. The van der Waals surface area contributed by atoms with E-state index in [0.29, 0.717) is 33.4 Å². The number of fused-ring (bicyclic) bond motifs is 1. The summed E-state index contributed by atoms with van der Waals surface area (Å²) in [5, 5.41) is 3.08. The third-order valence-corrected chi connectivity index (χ3v) is 4.64. The van der Waals surface area contributed by atoms with Gasteiger partial charge in [0.05, 0.1) is 13.7 Å². The molecule has 8 heteroatoms. The molecule has 1 saturated heterocycles. The van der Waals surface area contributed by atoms with E-state index < -0.39 is 11.9 Å². The summed E-state index contributed by atoms with van der Waals surface area (Å²) in [4.78, 5) is 26.1. The normalized spacial score (nSPS) is 16.8. The highest BCUT2D eigenvalue weighted by Gasteiger charge is 2.34. The van der Waals surface area contributed by atoms with Crippen LogP contribution in [0.2, 0.25) is 5.02 Å². The molecule has 1 N–H and O–H groups in total. The zero-order valence-corrected chi connectivity index (χ0v) is 15.1. The number of carbonyl (C=O) groups excluding carboxylic acids is 2. The third kappa shape index (κ3) is 3.17. The fourth-order valence-electron chi connectivity index (χ4n) is 2.90. The van der Waals surface area contributed by atoms with Gasteiger partial charge in [0.15, 0.2) is 11.5 Å². The largest absolute Gasteiger partial charge is 0.496 e. The summed E-state index contributed by atoms with van der Waals surface area (Å²) in [7, 11) is 1.51. The molecule has 0 saturated carbocycles. The zero-order chi connectivity index (χ0) is 19.0. The summed E-state index contributed by atoms with van der Waals surface area (Å²) in [6, 6.07) is 9.94. The lowest BCUT2D eigenvalue weighted by Gasteiger charge is -2.12. The van der Waals surface area contributed by atoms with Crippen LogP contribution in [0, 0.1) is 0 Å². The summed E-state index contributed by atoms with van der Waals surface area (Å²) in [5.41, 5.74) is 1.42. The number of hydrogen-bond acceptors (Lipinski definition) is 5. The molecule has 2 aliphatic rings. The summed E-state index contributed by atoms with van der Waals surface area (Å²) >= 11 is 6.13. The second kappa shape index (κ2) is 6.85. The minimum atomic E-state index is -0.508. The number of imide groups is 1. The number of nitrogens with one attached hydrogen (secondary N) is 1. The number of nitrogens with zero attached hydrogens (tertiary/aromatic N) is 1. The highest BCUT2D eigenvalue weighted by molar-refractivity contribution is 6.31. The Balaban J connectivity index is 1.63. The molecule has 0 aromatic heterocycles. The van der Waals surface area contributed by atoms with Gasteiger partial charge in [-0.1, -0.05) is 29.8 Å². The standard InChI is InChI=1S/C19H15ClN2O5/c1-25-15-8-17-16(26-10-27-17)7-12(15)6-14-18(23)22(19(24)21-14)9-11-4-2-3-5-13(11)20/h2-8H,9-10H2,1H3,(H,21,24)/b14-6+. The summed E-state index contributed by atoms with van der Waals surface area (Å²) in [6.45, 7) is 0.208. The molecular formula is C19H15ClN2O5. The van der Waals surface area contributed by atoms with Crippen LogP contribution in [0.15, 0.2) is 42.1 Å². The first kappa shape index (κ1) is 17.2. The smallest absolute Gasteiger partial charge is 0.329 e. The zero-order valence-electron chi connectivity index (χ0n) is 14.3. The molecule has 0 radical (unpaired) electrons. The second-order valence-corrected chi connectivity index (χ2v) is 6.33. The fraction of sp³-hybridized carbons (Fsp3) is 0.158. The molecular weight excluding hydrogens is 372 g/mol. The van der Waals surface area contributed by atoms with Crippen molar-refractivity contribution in [2.24, 2.45) is 0 Å². The van der Waals surface area contributed by atoms with E-state index in [0.717, 1.165) is 4.90 Å². The summed E-state index contributed by atoms with van der Waals surface area (Å²) < 4.78 is 16.0. The van der Waals surface area contributed by atoms with Crippen molar-refractivity contribution in [3.63, 3.8) is 0 Å². The molecule has 1 fully saturated rings. The number of benzene rings is 2. The molecule has 7 nitrogen and oxygen atoms in total. The van der Waals surface area contributed by atoms with Crippen LogP contribution in [0.5, 0.6) is 17.2 Å². The van der Waals surface area contributed by atoms with Crippen LogP contribution >= 0.6 is 11.6 Å². The van der Waals surface area contributed by atoms with Gasteiger partial charge < -0.3 is 19.5 Å². The average Bonchev–Trinajstić information content (AvgIpc) is 3.22. The van der Waals surface area contributed by atoms with Gasteiger partial charge in [-0.25, -0.2) is 4.79 Å². The number of methoxy groups -OCH3 is 1. The number of urea groups is 1. The molecule has 0 unspecified atom stereocenters. The first-order valence-corrected chi connectivity index (χ1v) is 8.50. The quantitative estimate of drug-likeness (QED) is 0.645. The minimum Gasteiger partial charge on any atom is -0.496 e. The Morgan fingerprint density at radius 1 is 1.22 bits per heavy atom. The Morgan fingerprint density at radius 3 is 2.70 bits per heavy atom. The van der Waals surface area contributed by atoms with Gasteiger partial charge in [-0.2, -0.15) is 0 Å².